The third-order valence-electron chi connectivity index (χ3n) is 3.23. The molecule has 0 spiro atoms. The zero-order valence-electron chi connectivity index (χ0n) is 10.7. The van der Waals surface area contributed by atoms with Gasteiger partial charge in [-0.25, -0.2) is 4.98 Å². The van der Waals surface area contributed by atoms with Crippen LogP contribution in [0.25, 0.3) is 20.8 Å². The summed E-state index contributed by atoms with van der Waals surface area (Å²) >= 11 is 3.06. The first-order chi connectivity index (χ1) is 9.36. The number of aryl methyl sites for hydroxylation is 1. The molecule has 3 aromatic rings. The average Bonchev–Trinajstić information content (AvgIpc) is 2.92. The van der Waals surface area contributed by atoms with Gasteiger partial charge in [-0.3, -0.25) is 0 Å². The molecule has 1 nitrogen and oxygen atoms in total. The highest BCUT2D eigenvalue weighted by Gasteiger charge is 2.30. The summed E-state index contributed by atoms with van der Waals surface area (Å²) < 4.78 is 38.8. The average molecular weight is 313 g/mol. The van der Waals surface area contributed by atoms with Crippen LogP contribution in [0.15, 0.2) is 23.6 Å². The minimum Gasteiger partial charge on any atom is -0.236 e. The van der Waals surface area contributed by atoms with Crippen LogP contribution in [0.4, 0.5) is 13.2 Å². The molecule has 0 atom stereocenters. The van der Waals surface area contributed by atoms with Crippen LogP contribution in [0.2, 0.25) is 0 Å². The van der Waals surface area contributed by atoms with Gasteiger partial charge in [-0.15, -0.1) is 22.7 Å². The molecular formula is C14H10F3NS2. The third-order valence-corrected chi connectivity index (χ3v) is 5.31. The summed E-state index contributed by atoms with van der Waals surface area (Å²) in [6, 6.07) is 3.72. The van der Waals surface area contributed by atoms with Crippen molar-refractivity contribution < 1.29 is 13.2 Å². The minimum atomic E-state index is -4.33. The summed E-state index contributed by atoms with van der Waals surface area (Å²) in [7, 11) is 0. The zero-order chi connectivity index (χ0) is 14.5. The molecule has 0 aliphatic heterocycles. The fraction of sp³-hybridized carbons (Fsp3) is 0.214. The highest BCUT2D eigenvalue weighted by molar-refractivity contribution is 7.22. The number of fused-ring (bicyclic) bond motifs is 1. The molecule has 0 amide bonds. The minimum absolute atomic E-state index is 0.406. The molecule has 0 fully saturated rings. The maximum atomic E-state index is 12.7. The Bertz CT molecular complexity index is 783. The topological polar surface area (TPSA) is 12.9 Å². The van der Waals surface area contributed by atoms with Gasteiger partial charge in [0.1, 0.15) is 5.01 Å². The van der Waals surface area contributed by atoms with E-state index < -0.39 is 11.7 Å². The van der Waals surface area contributed by atoms with E-state index in [4.69, 9.17) is 0 Å². The molecule has 2 aromatic heterocycles. The summed E-state index contributed by atoms with van der Waals surface area (Å²) in [6.07, 6.45) is -4.33. The molecule has 0 unspecified atom stereocenters. The van der Waals surface area contributed by atoms with Gasteiger partial charge in [0, 0.05) is 15.8 Å². The lowest BCUT2D eigenvalue weighted by Gasteiger charge is -2.04. The standard InChI is InChI=1S/C14H10F3NS2/c1-7-8(2)19-6-10(7)13-18-11-5-9(14(15,16)17)3-4-12(11)20-13/h3-6H,1-2H3. The van der Waals surface area contributed by atoms with Crippen LogP contribution in [-0.2, 0) is 6.18 Å². The van der Waals surface area contributed by atoms with Crippen molar-refractivity contribution in [2.45, 2.75) is 20.0 Å². The molecule has 0 aliphatic rings. The Kier molecular flexibility index (Phi) is 3.10. The second-order valence-corrected chi connectivity index (χ2v) is 6.64. The van der Waals surface area contributed by atoms with Crippen LogP contribution in [0.5, 0.6) is 0 Å². The molecule has 0 aliphatic carbocycles. The Labute approximate surface area is 121 Å². The largest absolute Gasteiger partial charge is 0.416 e. The second kappa shape index (κ2) is 4.56. The summed E-state index contributed by atoms with van der Waals surface area (Å²) in [5, 5.41) is 2.79. The van der Waals surface area contributed by atoms with Gasteiger partial charge in [0.25, 0.3) is 0 Å². The van der Waals surface area contributed by atoms with E-state index in [1.807, 2.05) is 19.2 Å². The Balaban J connectivity index is 2.14. The summed E-state index contributed by atoms with van der Waals surface area (Å²) in [6.45, 7) is 4.03. The molecular weight excluding hydrogens is 303 g/mol. The number of rotatable bonds is 1. The Morgan fingerprint density at radius 3 is 2.50 bits per heavy atom. The van der Waals surface area contributed by atoms with Crippen LogP contribution < -0.4 is 0 Å². The van der Waals surface area contributed by atoms with Crippen molar-refractivity contribution in [2.24, 2.45) is 0 Å². The molecule has 0 N–H and O–H groups in total. The van der Waals surface area contributed by atoms with E-state index in [1.54, 1.807) is 11.3 Å². The number of hydrogen-bond acceptors (Lipinski definition) is 3. The van der Waals surface area contributed by atoms with E-state index in [-0.39, 0.29) is 0 Å². The van der Waals surface area contributed by atoms with E-state index in [9.17, 15) is 13.2 Å². The van der Waals surface area contributed by atoms with Crippen molar-refractivity contribution in [3.05, 3.63) is 39.6 Å². The molecule has 1 aromatic carbocycles. The van der Waals surface area contributed by atoms with Crippen molar-refractivity contribution in [1.29, 1.82) is 0 Å². The van der Waals surface area contributed by atoms with Crippen molar-refractivity contribution in [2.75, 3.05) is 0 Å². The first-order valence-electron chi connectivity index (χ1n) is 5.89. The SMILES string of the molecule is Cc1scc(-c2nc3cc(C(F)(F)F)ccc3s2)c1C. The van der Waals surface area contributed by atoms with Gasteiger partial charge >= 0.3 is 6.18 Å². The molecule has 6 heteroatoms. The first-order valence-corrected chi connectivity index (χ1v) is 7.59. The van der Waals surface area contributed by atoms with Gasteiger partial charge in [0.05, 0.1) is 15.8 Å². The predicted molar refractivity (Wildman–Crippen MR) is 77.4 cm³/mol. The molecule has 104 valence electrons. The molecule has 0 bridgehead atoms. The number of thiazole rings is 1. The highest BCUT2D eigenvalue weighted by Crippen LogP contribution is 2.38. The summed E-state index contributed by atoms with van der Waals surface area (Å²) in [5.74, 6) is 0. The maximum absolute atomic E-state index is 12.7. The molecule has 0 saturated heterocycles. The maximum Gasteiger partial charge on any atom is 0.416 e. The number of benzene rings is 1. The first kappa shape index (κ1) is 13.6. The second-order valence-electron chi connectivity index (χ2n) is 4.53. The number of nitrogens with zero attached hydrogens (tertiary/aromatic N) is 1. The normalized spacial score (nSPS) is 12.2. The van der Waals surface area contributed by atoms with Gasteiger partial charge in [-0.2, -0.15) is 13.2 Å². The van der Waals surface area contributed by atoms with Crippen molar-refractivity contribution in [3.8, 4) is 10.6 Å². The number of halogens is 3. The van der Waals surface area contributed by atoms with Gasteiger partial charge in [-0.05, 0) is 37.6 Å². The quantitative estimate of drug-likeness (QED) is 0.565. The lowest BCUT2D eigenvalue weighted by molar-refractivity contribution is -0.137. The fourth-order valence-corrected chi connectivity index (χ4v) is 3.91. The third kappa shape index (κ3) is 2.23. The van der Waals surface area contributed by atoms with Gasteiger partial charge in [0.2, 0.25) is 0 Å². The van der Waals surface area contributed by atoms with Crippen LogP contribution in [0, 0.1) is 13.8 Å². The van der Waals surface area contributed by atoms with Crippen LogP contribution in [-0.4, -0.2) is 4.98 Å². The molecule has 0 saturated carbocycles. The predicted octanol–water partition coefficient (Wildman–Crippen LogP) is 5.66. The molecule has 3 rings (SSSR count). The molecule has 0 radical (unpaired) electrons. The smallest absolute Gasteiger partial charge is 0.236 e. The van der Waals surface area contributed by atoms with Gasteiger partial charge in [0.15, 0.2) is 0 Å². The monoisotopic (exact) mass is 313 g/mol. The molecule has 2 heterocycles. The van der Waals surface area contributed by atoms with Gasteiger partial charge in [-0.1, -0.05) is 0 Å². The number of thiophene rings is 1. The highest BCUT2D eigenvalue weighted by atomic mass is 32.1. The number of alkyl halides is 3. The van der Waals surface area contributed by atoms with E-state index in [1.165, 1.54) is 22.3 Å². The van der Waals surface area contributed by atoms with E-state index in [0.717, 1.165) is 33.0 Å². The van der Waals surface area contributed by atoms with Crippen LogP contribution >= 0.6 is 22.7 Å². The van der Waals surface area contributed by atoms with Crippen molar-refractivity contribution >= 4 is 32.9 Å². The lowest BCUT2D eigenvalue weighted by Crippen LogP contribution is -2.03. The van der Waals surface area contributed by atoms with E-state index in [0.29, 0.717) is 5.52 Å². The van der Waals surface area contributed by atoms with Crippen molar-refractivity contribution in [1.82, 2.24) is 4.98 Å². The van der Waals surface area contributed by atoms with E-state index >= 15 is 0 Å². The Morgan fingerprint density at radius 2 is 1.90 bits per heavy atom. The Hall–Kier alpha value is -1.40. The summed E-state index contributed by atoms with van der Waals surface area (Å²) in [4.78, 5) is 5.56. The van der Waals surface area contributed by atoms with Gasteiger partial charge < -0.3 is 0 Å². The van der Waals surface area contributed by atoms with E-state index in [2.05, 4.69) is 4.98 Å². The summed E-state index contributed by atoms with van der Waals surface area (Å²) in [5.41, 5.74) is 1.91. The number of aromatic nitrogens is 1. The van der Waals surface area contributed by atoms with Crippen molar-refractivity contribution in [3.63, 3.8) is 0 Å². The van der Waals surface area contributed by atoms with Crippen LogP contribution in [0.3, 0.4) is 0 Å². The lowest BCUT2D eigenvalue weighted by atomic mass is 10.2. The molecule has 20 heavy (non-hydrogen) atoms. The zero-order valence-corrected chi connectivity index (χ0v) is 12.3. The number of hydrogen-bond donors (Lipinski definition) is 0. The fourth-order valence-electron chi connectivity index (χ4n) is 1.94. The Morgan fingerprint density at radius 1 is 1.15 bits per heavy atom. The van der Waals surface area contributed by atoms with Crippen LogP contribution in [0.1, 0.15) is 16.0 Å².